The predicted octanol–water partition coefficient (Wildman–Crippen LogP) is -0.540. The number of benzene rings is 1. The van der Waals surface area contributed by atoms with Gasteiger partial charge in [0.05, 0.1) is 26.9 Å². The Balaban J connectivity index is 2.54. The summed E-state index contributed by atoms with van der Waals surface area (Å²) in [5.41, 5.74) is -0.423. The van der Waals surface area contributed by atoms with Gasteiger partial charge < -0.3 is 25.4 Å². The maximum Gasteiger partial charge on any atom is 0.220 e. The molecule has 1 aromatic rings. The highest BCUT2D eigenvalue weighted by atomic mass is 16.5. The molecule has 0 aliphatic rings. The third-order valence-electron chi connectivity index (χ3n) is 3.09. The molecule has 4 N–H and O–H groups in total. The molecule has 0 bridgehead atoms. The van der Waals surface area contributed by atoms with Crippen molar-refractivity contribution in [3.05, 3.63) is 29.8 Å². The Morgan fingerprint density at radius 2 is 1.90 bits per heavy atom. The van der Waals surface area contributed by atoms with Crippen LogP contribution in [0, 0.1) is 0 Å². The van der Waals surface area contributed by atoms with Gasteiger partial charge in [0.25, 0.3) is 0 Å². The molecule has 0 heterocycles. The van der Waals surface area contributed by atoms with Gasteiger partial charge in [0.15, 0.2) is 0 Å². The van der Waals surface area contributed by atoms with Crippen LogP contribution in [-0.4, -0.2) is 53.7 Å². The summed E-state index contributed by atoms with van der Waals surface area (Å²) in [5.74, 6) is 0.378. The third-order valence-corrected chi connectivity index (χ3v) is 3.09. The molecule has 0 fully saturated rings. The molecule has 1 aromatic carbocycles. The van der Waals surface area contributed by atoms with Crippen molar-refractivity contribution in [3.8, 4) is 5.75 Å². The van der Waals surface area contributed by atoms with E-state index in [-0.39, 0.29) is 12.3 Å². The topological polar surface area (TPSA) is 99.0 Å². The summed E-state index contributed by atoms with van der Waals surface area (Å²) in [4.78, 5) is 11.8. The van der Waals surface area contributed by atoms with Gasteiger partial charge in [0, 0.05) is 6.42 Å². The molecule has 0 aromatic heterocycles. The first-order valence-corrected chi connectivity index (χ1v) is 6.35. The minimum Gasteiger partial charge on any atom is -0.497 e. The number of nitrogens with one attached hydrogen (secondary N) is 1. The van der Waals surface area contributed by atoms with E-state index in [9.17, 15) is 4.79 Å². The Hall–Kier alpha value is -1.63. The van der Waals surface area contributed by atoms with Crippen molar-refractivity contribution in [2.45, 2.75) is 18.4 Å². The summed E-state index contributed by atoms with van der Waals surface area (Å²) in [7, 11) is 1.57. The van der Waals surface area contributed by atoms with Crippen molar-refractivity contribution < 1.29 is 24.9 Å². The molecule has 0 saturated carbocycles. The van der Waals surface area contributed by atoms with E-state index in [4.69, 9.17) is 20.1 Å². The molecule has 0 saturated heterocycles. The lowest BCUT2D eigenvalue weighted by Crippen LogP contribution is -2.57. The highest BCUT2D eigenvalue weighted by Crippen LogP contribution is 2.14. The number of aliphatic hydroxyl groups excluding tert-OH is 3. The summed E-state index contributed by atoms with van der Waals surface area (Å²) < 4.78 is 5.09. The van der Waals surface area contributed by atoms with Crippen LogP contribution in [0.15, 0.2) is 24.3 Å². The first-order valence-electron chi connectivity index (χ1n) is 6.35. The molecular formula is C14H21NO5. The minimum absolute atomic E-state index is 0.189. The summed E-state index contributed by atoms with van der Waals surface area (Å²) in [6.45, 7) is -1.57. The number of ether oxygens (including phenoxy) is 1. The monoisotopic (exact) mass is 283 g/mol. The molecule has 0 atom stereocenters. The molecule has 1 amide bonds. The molecule has 0 aliphatic carbocycles. The lowest BCUT2D eigenvalue weighted by molar-refractivity contribution is -0.125. The van der Waals surface area contributed by atoms with E-state index in [0.29, 0.717) is 6.42 Å². The highest BCUT2D eigenvalue weighted by molar-refractivity contribution is 5.77. The second kappa shape index (κ2) is 7.84. The first kappa shape index (κ1) is 16.4. The molecule has 6 nitrogen and oxygen atoms in total. The van der Waals surface area contributed by atoms with E-state index < -0.39 is 25.4 Å². The van der Waals surface area contributed by atoms with Crippen molar-refractivity contribution >= 4 is 5.91 Å². The molecule has 6 heteroatoms. The van der Waals surface area contributed by atoms with Crippen molar-refractivity contribution in [1.82, 2.24) is 5.32 Å². The van der Waals surface area contributed by atoms with Crippen molar-refractivity contribution in [1.29, 1.82) is 0 Å². The Morgan fingerprint density at radius 1 is 1.25 bits per heavy atom. The van der Waals surface area contributed by atoms with E-state index in [2.05, 4.69) is 5.32 Å². The van der Waals surface area contributed by atoms with Gasteiger partial charge in [-0.25, -0.2) is 0 Å². The van der Waals surface area contributed by atoms with Crippen LogP contribution in [0.4, 0.5) is 0 Å². The quantitative estimate of drug-likeness (QED) is 0.513. The number of carbonyl (C=O) groups excluding carboxylic acids is 1. The standard InChI is InChI=1S/C14H21NO5/c1-20-12-4-2-3-11(7-12)5-6-13(19)15-14(8-16,9-17)10-18/h2-4,7,16-18H,5-6,8-10H2,1H3,(H,15,19). The van der Waals surface area contributed by atoms with Gasteiger partial charge >= 0.3 is 0 Å². The zero-order valence-corrected chi connectivity index (χ0v) is 11.5. The number of carbonyl (C=O) groups is 1. The normalized spacial score (nSPS) is 11.2. The summed E-state index contributed by atoms with van der Waals surface area (Å²) in [5, 5.41) is 29.8. The van der Waals surface area contributed by atoms with Crippen LogP contribution in [0.5, 0.6) is 5.75 Å². The molecule has 1 rings (SSSR count). The number of methoxy groups -OCH3 is 1. The molecule has 0 unspecified atom stereocenters. The fourth-order valence-corrected chi connectivity index (χ4v) is 1.71. The van der Waals surface area contributed by atoms with Gasteiger partial charge in [-0.05, 0) is 24.1 Å². The Labute approximate surface area is 118 Å². The number of rotatable bonds is 8. The van der Waals surface area contributed by atoms with E-state index in [1.54, 1.807) is 7.11 Å². The number of aliphatic hydroxyl groups is 3. The summed E-state index contributed by atoms with van der Waals surface area (Å²) >= 11 is 0. The summed E-state index contributed by atoms with van der Waals surface area (Å²) in [6.07, 6.45) is 0.691. The van der Waals surface area contributed by atoms with Crippen molar-refractivity contribution in [2.24, 2.45) is 0 Å². The number of hydrogen-bond donors (Lipinski definition) is 4. The Morgan fingerprint density at radius 3 is 2.45 bits per heavy atom. The Kier molecular flexibility index (Phi) is 6.44. The minimum atomic E-state index is -1.37. The third kappa shape index (κ3) is 4.48. The van der Waals surface area contributed by atoms with Gasteiger partial charge in [-0.2, -0.15) is 0 Å². The fourth-order valence-electron chi connectivity index (χ4n) is 1.71. The van der Waals surface area contributed by atoms with Crippen LogP contribution in [0.3, 0.4) is 0 Å². The molecule has 0 spiro atoms. The summed E-state index contributed by atoms with van der Waals surface area (Å²) in [6, 6.07) is 7.38. The predicted molar refractivity (Wildman–Crippen MR) is 73.4 cm³/mol. The van der Waals surface area contributed by atoms with Gasteiger partial charge in [-0.3, -0.25) is 4.79 Å². The average Bonchev–Trinajstić information content (AvgIpc) is 2.51. The van der Waals surface area contributed by atoms with Gasteiger partial charge in [-0.1, -0.05) is 12.1 Å². The maximum atomic E-state index is 11.8. The SMILES string of the molecule is COc1cccc(CCC(=O)NC(CO)(CO)CO)c1. The van der Waals surface area contributed by atoms with Crippen LogP contribution in [-0.2, 0) is 11.2 Å². The van der Waals surface area contributed by atoms with Crippen molar-refractivity contribution in [2.75, 3.05) is 26.9 Å². The van der Waals surface area contributed by atoms with Gasteiger partial charge in [-0.15, -0.1) is 0 Å². The Bertz CT molecular complexity index is 423. The molecular weight excluding hydrogens is 262 g/mol. The molecule has 0 radical (unpaired) electrons. The van der Waals surface area contributed by atoms with Gasteiger partial charge in [0.2, 0.25) is 5.91 Å². The number of aryl methyl sites for hydroxylation is 1. The van der Waals surface area contributed by atoms with E-state index in [1.807, 2.05) is 24.3 Å². The second-order valence-electron chi connectivity index (χ2n) is 4.65. The largest absolute Gasteiger partial charge is 0.497 e. The van der Waals surface area contributed by atoms with Crippen LogP contribution >= 0.6 is 0 Å². The van der Waals surface area contributed by atoms with Crippen LogP contribution in [0.1, 0.15) is 12.0 Å². The average molecular weight is 283 g/mol. The van der Waals surface area contributed by atoms with E-state index in [1.165, 1.54) is 0 Å². The zero-order chi connectivity index (χ0) is 15.0. The van der Waals surface area contributed by atoms with Crippen LogP contribution in [0.25, 0.3) is 0 Å². The maximum absolute atomic E-state index is 11.8. The molecule has 0 aliphatic heterocycles. The fraction of sp³-hybridized carbons (Fsp3) is 0.500. The highest BCUT2D eigenvalue weighted by Gasteiger charge is 2.29. The number of amides is 1. The second-order valence-corrected chi connectivity index (χ2v) is 4.65. The molecule has 112 valence electrons. The number of hydrogen-bond acceptors (Lipinski definition) is 5. The first-order chi connectivity index (χ1) is 9.59. The van der Waals surface area contributed by atoms with E-state index in [0.717, 1.165) is 11.3 Å². The molecule has 20 heavy (non-hydrogen) atoms. The lowest BCUT2D eigenvalue weighted by Gasteiger charge is -2.28. The smallest absolute Gasteiger partial charge is 0.220 e. The van der Waals surface area contributed by atoms with Crippen LogP contribution < -0.4 is 10.1 Å². The van der Waals surface area contributed by atoms with Crippen molar-refractivity contribution in [3.63, 3.8) is 0 Å². The van der Waals surface area contributed by atoms with Crippen LogP contribution in [0.2, 0.25) is 0 Å². The van der Waals surface area contributed by atoms with Gasteiger partial charge in [0.1, 0.15) is 11.3 Å². The van der Waals surface area contributed by atoms with E-state index >= 15 is 0 Å². The zero-order valence-electron chi connectivity index (χ0n) is 11.5. The lowest BCUT2D eigenvalue weighted by atomic mass is 10.0.